The first kappa shape index (κ1) is 18.7. The molecule has 1 aromatic rings. The van der Waals surface area contributed by atoms with Gasteiger partial charge in [-0.05, 0) is 38.3 Å². The van der Waals surface area contributed by atoms with Crippen LogP contribution < -0.4 is 19.9 Å². The minimum atomic E-state index is -0.0980. The van der Waals surface area contributed by atoms with Crippen LogP contribution in [0.3, 0.4) is 0 Å². The average molecular weight is 360 g/mol. The number of hydrogen-bond donors (Lipinski definition) is 2. The number of amides is 2. The lowest BCUT2D eigenvalue weighted by Crippen LogP contribution is -3.16. The van der Waals surface area contributed by atoms with Crippen molar-refractivity contribution in [2.24, 2.45) is 0 Å². The second-order valence-corrected chi connectivity index (χ2v) is 7.31. The molecule has 0 saturated carbocycles. The molecule has 2 heterocycles. The van der Waals surface area contributed by atoms with Gasteiger partial charge in [0.2, 0.25) is 5.91 Å². The van der Waals surface area contributed by atoms with Gasteiger partial charge in [0.25, 0.3) is 5.91 Å². The lowest BCUT2D eigenvalue weighted by Gasteiger charge is -2.30. The van der Waals surface area contributed by atoms with E-state index in [9.17, 15) is 9.59 Å². The van der Waals surface area contributed by atoms with Crippen molar-refractivity contribution in [1.82, 2.24) is 5.32 Å². The number of fused-ring (bicyclic) bond motifs is 1. The molecule has 2 aliphatic heterocycles. The number of quaternary nitrogens is 1. The molecule has 0 radical (unpaired) electrons. The van der Waals surface area contributed by atoms with Gasteiger partial charge in [-0.3, -0.25) is 9.59 Å². The van der Waals surface area contributed by atoms with Crippen molar-refractivity contribution in [1.29, 1.82) is 0 Å². The van der Waals surface area contributed by atoms with Crippen LogP contribution in [0, 0.1) is 0 Å². The minimum Gasteiger partial charge on any atom is -0.482 e. The molecule has 1 fully saturated rings. The highest BCUT2D eigenvalue weighted by Crippen LogP contribution is 2.31. The molecular formula is C20H30N3O3+. The van der Waals surface area contributed by atoms with Crippen LogP contribution >= 0.6 is 0 Å². The van der Waals surface area contributed by atoms with Gasteiger partial charge in [0.15, 0.2) is 6.61 Å². The van der Waals surface area contributed by atoms with Gasteiger partial charge < -0.3 is 19.9 Å². The predicted molar refractivity (Wildman–Crippen MR) is 101 cm³/mol. The van der Waals surface area contributed by atoms with Crippen LogP contribution in [0.5, 0.6) is 5.75 Å². The molecule has 26 heavy (non-hydrogen) atoms. The van der Waals surface area contributed by atoms with E-state index < -0.39 is 0 Å². The first-order valence-electron chi connectivity index (χ1n) is 9.78. The van der Waals surface area contributed by atoms with Gasteiger partial charge in [0.05, 0.1) is 24.8 Å². The van der Waals surface area contributed by atoms with Crippen molar-refractivity contribution in [3.63, 3.8) is 0 Å². The van der Waals surface area contributed by atoms with Crippen LogP contribution in [0.15, 0.2) is 24.3 Å². The number of nitrogens with zero attached hydrogens (tertiary/aromatic N) is 1. The summed E-state index contributed by atoms with van der Waals surface area (Å²) in [5.41, 5.74) is 0.749. The van der Waals surface area contributed by atoms with Gasteiger partial charge in [-0.2, -0.15) is 0 Å². The van der Waals surface area contributed by atoms with Crippen molar-refractivity contribution >= 4 is 17.5 Å². The van der Waals surface area contributed by atoms with Crippen molar-refractivity contribution in [3.8, 4) is 5.75 Å². The number of carbonyl (C=O) groups excluding carboxylic acids is 2. The van der Waals surface area contributed by atoms with Gasteiger partial charge in [-0.25, -0.2) is 0 Å². The molecule has 6 heteroatoms. The van der Waals surface area contributed by atoms with E-state index in [-0.39, 0.29) is 18.4 Å². The zero-order valence-electron chi connectivity index (χ0n) is 15.6. The Balaban J connectivity index is 1.38. The third-order valence-electron chi connectivity index (χ3n) is 5.45. The van der Waals surface area contributed by atoms with E-state index in [2.05, 4.69) is 12.2 Å². The van der Waals surface area contributed by atoms with Gasteiger partial charge in [0.1, 0.15) is 5.75 Å². The lowest BCUT2D eigenvalue weighted by atomic mass is 10.0. The maximum atomic E-state index is 12.1. The Kier molecular flexibility index (Phi) is 6.50. The van der Waals surface area contributed by atoms with Gasteiger partial charge >= 0.3 is 0 Å². The SMILES string of the molecule is C[C@@H]1CCCC[NH+]1CCCNC(=O)CCN1C(=O)COc2ccccc21. The Bertz CT molecular complexity index is 634. The number of nitrogens with one attached hydrogen (secondary N) is 2. The molecule has 0 spiro atoms. The van der Waals surface area contributed by atoms with Gasteiger partial charge in [-0.1, -0.05) is 12.1 Å². The topological polar surface area (TPSA) is 63.1 Å². The standard InChI is InChI=1S/C20H29N3O3/c1-16-7-4-5-12-22(16)13-6-11-21-19(24)10-14-23-17-8-2-3-9-18(17)26-15-20(23)25/h2-3,8-9,16H,4-7,10-15H2,1H3,(H,21,24)/p+1/t16-/m1/s1. The Morgan fingerprint density at radius 2 is 2.19 bits per heavy atom. The average Bonchev–Trinajstić information content (AvgIpc) is 2.65. The van der Waals surface area contributed by atoms with E-state index in [0.29, 0.717) is 25.3 Å². The normalized spacial score (nSPS) is 22.5. The highest BCUT2D eigenvalue weighted by Gasteiger charge is 2.25. The predicted octanol–water partition coefficient (Wildman–Crippen LogP) is 0.766. The minimum absolute atomic E-state index is 0.00321. The molecule has 1 saturated heterocycles. The molecule has 0 aromatic heterocycles. The molecule has 0 aliphatic carbocycles. The number of ether oxygens (including phenoxy) is 1. The molecule has 2 aliphatic rings. The van der Waals surface area contributed by atoms with Crippen molar-refractivity contribution in [2.45, 2.75) is 45.1 Å². The Morgan fingerprint density at radius 3 is 3.04 bits per heavy atom. The smallest absolute Gasteiger partial charge is 0.265 e. The largest absolute Gasteiger partial charge is 0.482 e. The zero-order chi connectivity index (χ0) is 18.4. The van der Waals surface area contributed by atoms with Crippen LogP contribution in [0.1, 0.15) is 39.0 Å². The van der Waals surface area contributed by atoms with E-state index in [1.807, 2.05) is 24.3 Å². The van der Waals surface area contributed by atoms with Crippen molar-refractivity contribution < 1.29 is 19.2 Å². The molecule has 0 bridgehead atoms. The molecule has 2 N–H and O–H groups in total. The van der Waals surface area contributed by atoms with E-state index >= 15 is 0 Å². The van der Waals surface area contributed by atoms with E-state index in [0.717, 1.165) is 24.7 Å². The highest BCUT2D eigenvalue weighted by atomic mass is 16.5. The van der Waals surface area contributed by atoms with Crippen LogP contribution in [0.25, 0.3) is 0 Å². The molecule has 142 valence electrons. The van der Waals surface area contributed by atoms with Crippen LogP contribution in [-0.4, -0.2) is 50.6 Å². The molecule has 2 amide bonds. The molecule has 3 rings (SSSR count). The first-order chi connectivity index (χ1) is 12.6. The van der Waals surface area contributed by atoms with Crippen molar-refractivity contribution in [2.75, 3.05) is 37.7 Å². The third-order valence-corrected chi connectivity index (χ3v) is 5.45. The summed E-state index contributed by atoms with van der Waals surface area (Å²) >= 11 is 0. The lowest BCUT2D eigenvalue weighted by molar-refractivity contribution is -0.928. The van der Waals surface area contributed by atoms with Crippen LogP contribution in [0.4, 0.5) is 5.69 Å². The van der Waals surface area contributed by atoms with E-state index in [1.165, 1.54) is 25.8 Å². The Hall–Kier alpha value is -2.08. The fourth-order valence-electron chi connectivity index (χ4n) is 3.87. The molecule has 1 unspecified atom stereocenters. The fraction of sp³-hybridized carbons (Fsp3) is 0.600. The maximum Gasteiger partial charge on any atom is 0.265 e. The number of likely N-dealkylation sites (tertiary alicyclic amines) is 1. The van der Waals surface area contributed by atoms with E-state index in [4.69, 9.17) is 4.74 Å². The summed E-state index contributed by atoms with van der Waals surface area (Å²) < 4.78 is 5.42. The highest BCUT2D eigenvalue weighted by molar-refractivity contribution is 5.98. The van der Waals surface area contributed by atoms with Gasteiger partial charge in [-0.15, -0.1) is 0 Å². The number of carbonyl (C=O) groups is 2. The van der Waals surface area contributed by atoms with Crippen LogP contribution in [0.2, 0.25) is 0 Å². The number of benzene rings is 1. The summed E-state index contributed by atoms with van der Waals surface area (Å²) in [7, 11) is 0. The summed E-state index contributed by atoms with van der Waals surface area (Å²) in [5, 5.41) is 2.99. The summed E-state index contributed by atoms with van der Waals surface area (Å²) in [5.74, 6) is 0.605. The number of anilines is 1. The number of hydrogen-bond acceptors (Lipinski definition) is 3. The second kappa shape index (κ2) is 9.03. The molecule has 6 nitrogen and oxygen atoms in total. The number of rotatable bonds is 7. The molecule has 1 aromatic carbocycles. The first-order valence-corrected chi connectivity index (χ1v) is 9.78. The van der Waals surface area contributed by atoms with Crippen LogP contribution in [-0.2, 0) is 9.59 Å². The Labute approximate surface area is 155 Å². The van der Waals surface area contributed by atoms with E-state index in [1.54, 1.807) is 9.80 Å². The summed E-state index contributed by atoms with van der Waals surface area (Å²) in [6.45, 7) is 5.84. The molecular weight excluding hydrogens is 330 g/mol. The summed E-state index contributed by atoms with van der Waals surface area (Å²) in [4.78, 5) is 27.6. The Morgan fingerprint density at radius 1 is 1.35 bits per heavy atom. The molecule has 2 atom stereocenters. The number of piperidine rings is 1. The van der Waals surface area contributed by atoms with Crippen molar-refractivity contribution in [3.05, 3.63) is 24.3 Å². The number of para-hydroxylation sites is 2. The maximum absolute atomic E-state index is 12.1. The monoisotopic (exact) mass is 360 g/mol. The second-order valence-electron chi connectivity index (χ2n) is 7.31. The third kappa shape index (κ3) is 4.75. The quantitative estimate of drug-likeness (QED) is 0.706. The summed E-state index contributed by atoms with van der Waals surface area (Å²) in [6.07, 6.45) is 5.31. The fourth-order valence-corrected chi connectivity index (χ4v) is 3.87. The van der Waals surface area contributed by atoms with Gasteiger partial charge in [0, 0.05) is 25.9 Å². The zero-order valence-corrected chi connectivity index (χ0v) is 15.6. The summed E-state index contributed by atoms with van der Waals surface area (Å²) in [6, 6.07) is 8.19.